The number of hydrogen-bond acceptors (Lipinski definition) is 2. The molecular weight excluding hydrogens is 276 g/mol. The van der Waals surface area contributed by atoms with Crippen LogP contribution in [0.3, 0.4) is 0 Å². The first kappa shape index (κ1) is 16.5. The molecule has 0 radical (unpaired) electrons. The van der Waals surface area contributed by atoms with E-state index in [0.29, 0.717) is 6.42 Å². The van der Waals surface area contributed by atoms with Crippen molar-refractivity contribution in [2.24, 2.45) is 0 Å². The lowest BCUT2D eigenvalue weighted by molar-refractivity contribution is 0.0839. The highest BCUT2D eigenvalue weighted by molar-refractivity contribution is 6.74. The predicted molar refractivity (Wildman–Crippen MR) is 91.7 cm³/mol. The average Bonchev–Trinajstić information content (AvgIpc) is 2.63. The van der Waals surface area contributed by atoms with Gasteiger partial charge in [0, 0.05) is 6.42 Å². The summed E-state index contributed by atoms with van der Waals surface area (Å²) in [5.41, 5.74) is 1.27. The average molecular weight is 305 g/mol. The maximum Gasteiger partial charge on any atom is 0.192 e. The van der Waals surface area contributed by atoms with Crippen LogP contribution < -0.4 is 0 Å². The zero-order chi connectivity index (χ0) is 15.9. The molecule has 0 amide bonds. The maximum atomic E-state index is 10.7. The van der Waals surface area contributed by atoms with Gasteiger partial charge in [-0.2, -0.15) is 0 Å². The molecule has 21 heavy (non-hydrogen) atoms. The van der Waals surface area contributed by atoms with Gasteiger partial charge >= 0.3 is 0 Å². The lowest BCUT2D eigenvalue weighted by atomic mass is 9.92. The molecule has 1 aromatic carbocycles. The van der Waals surface area contributed by atoms with Gasteiger partial charge in [0.15, 0.2) is 8.32 Å². The lowest BCUT2D eigenvalue weighted by Gasteiger charge is -2.38. The molecule has 1 aliphatic rings. The van der Waals surface area contributed by atoms with E-state index in [1.165, 1.54) is 0 Å². The minimum atomic E-state index is -1.82. The standard InChI is InChI=1S/C18H28O2Si/c1-17(2,3)21(5,6)20-15-12-16(18(4,19)13-15)14-10-8-7-9-11-14/h7-12,15,19H,13H2,1-6H3/t15-,18-/m1/s1. The topological polar surface area (TPSA) is 29.5 Å². The first-order chi connectivity index (χ1) is 9.53. The minimum absolute atomic E-state index is 0.0103. The van der Waals surface area contributed by atoms with Crippen molar-refractivity contribution in [3.63, 3.8) is 0 Å². The van der Waals surface area contributed by atoms with Crippen LogP contribution in [-0.4, -0.2) is 25.1 Å². The van der Waals surface area contributed by atoms with Crippen molar-refractivity contribution in [3.8, 4) is 0 Å². The molecule has 0 bridgehead atoms. The minimum Gasteiger partial charge on any atom is -0.410 e. The van der Waals surface area contributed by atoms with Crippen LogP contribution in [0.2, 0.25) is 18.1 Å². The third-order valence-corrected chi connectivity index (χ3v) is 9.37. The molecule has 0 heterocycles. The van der Waals surface area contributed by atoms with E-state index >= 15 is 0 Å². The van der Waals surface area contributed by atoms with Crippen LogP contribution in [0.4, 0.5) is 0 Å². The van der Waals surface area contributed by atoms with Crippen LogP contribution in [0, 0.1) is 0 Å². The van der Waals surface area contributed by atoms with Crippen molar-refractivity contribution >= 4 is 13.9 Å². The molecule has 3 heteroatoms. The second-order valence-electron chi connectivity index (χ2n) is 7.84. The third kappa shape index (κ3) is 3.47. The monoisotopic (exact) mass is 304 g/mol. The fourth-order valence-electron chi connectivity index (χ4n) is 2.58. The van der Waals surface area contributed by atoms with Crippen molar-refractivity contribution in [1.29, 1.82) is 0 Å². The largest absolute Gasteiger partial charge is 0.410 e. The van der Waals surface area contributed by atoms with Gasteiger partial charge in [-0.15, -0.1) is 0 Å². The van der Waals surface area contributed by atoms with Crippen molar-refractivity contribution in [1.82, 2.24) is 0 Å². The van der Waals surface area contributed by atoms with Gasteiger partial charge in [0.05, 0.1) is 11.7 Å². The fourth-order valence-corrected chi connectivity index (χ4v) is 3.84. The second-order valence-corrected chi connectivity index (χ2v) is 12.6. The van der Waals surface area contributed by atoms with E-state index < -0.39 is 13.9 Å². The Bertz CT molecular complexity index is 524. The van der Waals surface area contributed by atoms with Gasteiger partial charge in [0.2, 0.25) is 0 Å². The van der Waals surface area contributed by atoms with Gasteiger partial charge in [0.1, 0.15) is 0 Å². The van der Waals surface area contributed by atoms with Crippen molar-refractivity contribution in [2.45, 2.75) is 64.0 Å². The highest BCUT2D eigenvalue weighted by atomic mass is 28.4. The molecular formula is C18H28O2Si. The van der Waals surface area contributed by atoms with Crippen LogP contribution in [0.5, 0.6) is 0 Å². The van der Waals surface area contributed by atoms with E-state index in [-0.39, 0.29) is 11.1 Å². The van der Waals surface area contributed by atoms with Crippen LogP contribution >= 0.6 is 0 Å². The summed E-state index contributed by atoms with van der Waals surface area (Å²) in [5, 5.41) is 10.9. The molecule has 2 nitrogen and oxygen atoms in total. The zero-order valence-corrected chi connectivity index (χ0v) is 15.1. The SMILES string of the molecule is CC(C)(C)[Si](C)(C)O[C@@H]1C=C(c2ccccc2)[C@](C)(O)C1. The normalized spacial score (nSPS) is 26.8. The Morgan fingerprint density at radius 3 is 2.29 bits per heavy atom. The summed E-state index contributed by atoms with van der Waals surface area (Å²) in [5.74, 6) is 0. The summed E-state index contributed by atoms with van der Waals surface area (Å²) in [6, 6.07) is 10.1. The highest BCUT2D eigenvalue weighted by Crippen LogP contribution is 2.43. The highest BCUT2D eigenvalue weighted by Gasteiger charge is 2.43. The first-order valence-electron chi connectivity index (χ1n) is 7.71. The number of aliphatic hydroxyl groups is 1. The summed E-state index contributed by atoms with van der Waals surface area (Å²) < 4.78 is 6.45. The van der Waals surface area contributed by atoms with Crippen molar-refractivity contribution in [2.75, 3.05) is 0 Å². The van der Waals surface area contributed by atoms with E-state index in [2.05, 4.69) is 52.1 Å². The fraction of sp³-hybridized carbons (Fsp3) is 0.556. The predicted octanol–water partition coefficient (Wildman–Crippen LogP) is 4.62. The van der Waals surface area contributed by atoms with Crippen LogP contribution in [0.15, 0.2) is 36.4 Å². The molecule has 0 aliphatic heterocycles. The van der Waals surface area contributed by atoms with E-state index in [9.17, 15) is 5.11 Å². The van der Waals surface area contributed by atoms with Crippen molar-refractivity contribution in [3.05, 3.63) is 42.0 Å². The Hall–Kier alpha value is -0.903. The molecule has 0 aromatic heterocycles. The quantitative estimate of drug-likeness (QED) is 0.826. The molecule has 0 fully saturated rings. The van der Waals surface area contributed by atoms with Gasteiger partial charge in [-0.3, -0.25) is 0 Å². The summed E-state index contributed by atoms with van der Waals surface area (Å²) in [4.78, 5) is 0. The summed E-state index contributed by atoms with van der Waals surface area (Å²) in [6.45, 7) is 13.1. The Labute approximate surface area is 130 Å². The molecule has 1 N–H and O–H groups in total. The molecule has 2 rings (SSSR count). The van der Waals surface area contributed by atoms with E-state index in [1.54, 1.807) is 0 Å². The maximum absolute atomic E-state index is 10.7. The number of hydrogen-bond donors (Lipinski definition) is 1. The van der Waals surface area contributed by atoms with Gasteiger partial charge < -0.3 is 9.53 Å². The molecule has 0 saturated heterocycles. The Balaban J connectivity index is 2.24. The van der Waals surface area contributed by atoms with E-state index in [1.807, 2.05) is 25.1 Å². The molecule has 116 valence electrons. The summed E-state index contributed by atoms with van der Waals surface area (Å²) in [6.07, 6.45) is 2.77. The van der Waals surface area contributed by atoms with E-state index in [4.69, 9.17) is 4.43 Å². The molecule has 0 saturated carbocycles. The first-order valence-corrected chi connectivity index (χ1v) is 10.6. The summed E-state index contributed by atoms with van der Waals surface area (Å²) in [7, 11) is -1.82. The molecule has 2 atom stereocenters. The second kappa shape index (κ2) is 5.38. The molecule has 1 aliphatic carbocycles. The zero-order valence-electron chi connectivity index (χ0n) is 14.1. The molecule has 0 unspecified atom stereocenters. The Morgan fingerprint density at radius 2 is 1.76 bits per heavy atom. The van der Waals surface area contributed by atoms with Crippen LogP contribution in [0.1, 0.15) is 39.7 Å². The Kier molecular flexibility index (Phi) is 4.22. The van der Waals surface area contributed by atoms with Gasteiger partial charge in [0.25, 0.3) is 0 Å². The number of benzene rings is 1. The third-order valence-electron chi connectivity index (χ3n) is 4.87. The molecule has 1 aromatic rings. The number of rotatable bonds is 3. The van der Waals surface area contributed by atoms with Gasteiger partial charge in [-0.05, 0) is 36.2 Å². The van der Waals surface area contributed by atoms with E-state index in [0.717, 1.165) is 11.1 Å². The Morgan fingerprint density at radius 1 is 1.19 bits per heavy atom. The smallest absolute Gasteiger partial charge is 0.192 e. The van der Waals surface area contributed by atoms with Crippen LogP contribution in [-0.2, 0) is 4.43 Å². The lowest BCUT2D eigenvalue weighted by Crippen LogP contribution is -2.43. The van der Waals surface area contributed by atoms with Gasteiger partial charge in [-0.1, -0.05) is 57.2 Å². The summed E-state index contributed by atoms with van der Waals surface area (Å²) >= 11 is 0. The van der Waals surface area contributed by atoms with Crippen molar-refractivity contribution < 1.29 is 9.53 Å². The molecule has 0 spiro atoms. The van der Waals surface area contributed by atoms with Gasteiger partial charge in [-0.25, -0.2) is 0 Å². The van der Waals surface area contributed by atoms with Crippen LogP contribution in [0.25, 0.3) is 5.57 Å².